The van der Waals surface area contributed by atoms with Crippen LogP contribution in [0.1, 0.15) is 43.9 Å². The number of aryl methyl sites for hydroxylation is 1. The summed E-state index contributed by atoms with van der Waals surface area (Å²) in [6.07, 6.45) is 5.72. The molecule has 1 aliphatic carbocycles. The third-order valence-corrected chi connectivity index (χ3v) is 5.12. The topological polar surface area (TPSA) is 72.9 Å². The number of carbonyl (C=O) groups excluding carboxylic acids is 1. The Hall–Kier alpha value is -1.92. The van der Waals surface area contributed by atoms with Gasteiger partial charge in [-0.25, -0.2) is 9.07 Å². The highest BCUT2D eigenvalue weighted by atomic mass is 35.5. The van der Waals surface area contributed by atoms with Crippen LogP contribution in [0, 0.1) is 18.7 Å². The summed E-state index contributed by atoms with van der Waals surface area (Å²) in [6, 6.07) is 6.15. The molecular formula is C19H26ClFN4O. The number of nitrogens with two attached hydrogens (primary N) is 1. The van der Waals surface area contributed by atoms with E-state index >= 15 is 0 Å². The van der Waals surface area contributed by atoms with Gasteiger partial charge in [-0.15, -0.1) is 12.4 Å². The van der Waals surface area contributed by atoms with Crippen LogP contribution in [0.2, 0.25) is 0 Å². The molecule has 1 amide bonds. The lowest BCUT2D eigenvalue weighted by molar-refractivity contribution is -0.128. The summed E-state index contributed by atoms with van der Waals surface area (Å²) >= 11 is 0. The largest absolute Gasteiger partial charge is 0.352 e. The Morgan fingerprint density at radius 2 is 2.08 bits per heavy atom. The summed E-state index contributed by atoms with van der Waals surface area (Å²) < 4.78 is 14.7. The Morgan fingerprint density at radius 1 is 1.38 bits per heavy atom. The molecule has 1 fully saturated rings. The first-order valence-electron chi connectivity index (χ1n) is 8.74. The molecule has 1 heterocycles. The lowest BCUT2D eigenvalue weighted by Crippen LogP contribution is -2.52. The van der Waals surface area contributed by atoms with Gasteiger partial charge in [-0.1, -0.05) is 12.8 Å². The average molecular weight is 381 g/mol. The fourth-order valence-electron chi connectivity index (χ4n) is 3.49. The second-order valence-electron chi connectivity index (χ2n) is 7.18. The van der Waals surface area contributed by atoms with Gasteiger partial charge in [-0.05, 0) is 51.0 Å². The van der Waals surface area contributed by atoms with Gasteiger partial charge in [-0.2, -0.15) is 5.10 Å². The Bertz CT molecular complexity index is 757. The zero-order valence-electron chi connectivity index (χ0n) is 15.2. The van der Waals surface area contributed by atoms with E-state index < -0.39 is 5.54 Å². The van der Waals surface area contributed by atoms with Crippen molar-refractivity contribution in [2.45, 2.75) is 51.6 Å². The molecular weight excluding hydrogens is 355 g/mol. The first-order chi connectivity index (χ1) is 11.9. The van der Waals surface area contributed by atoms with Gasteiger partial charge in [0.15, 0.2) is 0 Å². The number of hydrogen-bond donors (Lipinski definition) is 2. The molecule has 142 valence electrons. The van der Waals surface area contributed by atoms with Crippen molar-refractivity contribution >= 4 is 18.3 Å². The van der Waals surface area contributed by atoms with Crippen molar-refractivity contribution in [1.29, 1.82) is 0 Å². The molecule has 7 heteroatoms. The number of halogens is 2. The van der Waals surface area contributed by atoms with Crippen LogP contribution in [0.4, 0.5) is 4.39 Å². The van der Waals surface area contributed by atoms with Crippen molar-refractivity contribution in [3.63, 3.8) is 0 Å². The Labute approximate surface area is 159 Å². The van der Waals surface area contributed by atoms with Crippen LogP contribution in [0.3, 0.4) is 0 Å². The van der Waals surface area contributed by atoms with E-state index in [4.69, 9.17) is 5.73 Å². The first kappa shape index (κ1) is 20.4. The molecule has 0 spiro atoms. The van der Waals surface area contributed by atoms with E-state index in [0.717, 1.165) is 42.6 Å². The molecule has 1 aliphatic rings. The average Bonchev–Trinajstić information content (AvgIpc) is 2.94. The summed E-state index contributed by atoms with van der Waals surface area (Å²) in [7, 11) is 0. The molecule has 0 aliphatic heterocycles. The fraction of sp³-hybridized carbons (Fsp3) is 0.474. The molecule has 2 atom stereocenters. The van der Waals surface area contributed by atoms with E-state index in [1.165, 1.54) is 12.1 Å². The molecule has 0 bridgehead atoms. The van der Waals surface area contributed by atoms with Crippen molar-refractivity contribution in [2.24, 2.45) is 11.7 Å². The third kappa shape index (κ3) is 4.43. The van der Waals surface area contributed by atoms with Gasteiger partial charge in [0, 0.05) is 23.8 Å². The van der Waals surface area contributed by atoms with E-state index in [1.54, 1.807) is 16.8 Å². The molecule has 3 rings (SSSR count). The predicted octanol–water partition coefficient (Wildman–Crippen LogP) is 3.27. The van der Waals surface area contributed by atoms with E-state index in [1.807, 2.05) is 20.0 Å². The number of nitrogens with zero attached hydrogens (tertiary/aromatic N) is 2. The van der Waals surface area contributed by atoms with E-state index in [-0.39, 0.29) is 30.0 Å². The Morgan fingerprint density at radius 3 is 2.73 bits per heavy atom. The minimum absolute atomic E-state index is 0. The van der Waals surface area contributed by atoms with E-state index in [9.17, 15) is 9.18 Å². The maximum atomic E-state index is 13.0. The van der Waals surface area contributed by atoms with Crippen molar-refractivity contribution in [3.8, 4) is 5.69 Å². The molecule has 5 nitrogen and oxygen atoms in total. The number of hydrogen-bond acceptors (Lipinski definition) is 3. The van der Waals surface area contributed by atoms with Crippen LogP contribution >= 0.6 is 12.4 Å². The molecule has 1 saturated carbocycles. The minimum atomic E-state index is -0.435. The molecule has 2 aromatic rings. The van der Waals surface area contributed by atoms with Crippen LogP contribution in [0.5, 0.6) is 0 Å². The molecule has 2 unspecified atom stereocenters. The summed E-state index contributed by atoms with van der Waals surface area (Å²) in [4.78, 5) is 12.6. The maximum Gasteiger partial charge on any atom is 0.225 e. The van der Waals surface area contributed by atoms with Crippen LogP contribution in [0.25, 0.3) is 5.69 Å². The lowest BCUT2D eigenvalue weighted by atomic mass is 9.74. The first-order valence-corrected chi connectivity index (χ1v) is 8.74. The van der Waals surface area contributed by atoms with Gasteiger partial charge in [0.25, 0.3) is 0 Å². The number of rotatable bonds is 4. The number of amides is 1. The van der Waals surface area contributed by atoms with Crippen LogP contribution < -0.4 is 11.1 Å². The van der Waals surface area contributed by atoms with Gasteiger partial charge in [-0.3, -0.25) is 4.79 Å². The van der Waals surface area contributed by atoms with E-state index in [0.29, 0.717) is 6.54 Å². The van der Waals surface area contributed by atoms with Gasteiger partial charge < -0.3 is 11.1 Å². The smallest absolute Gasteiger partial charge is 0.225 e. The standard InChI is InChI=1S/C19H25FN4O.ClH/c1-13-14(12-24(23-13)16-8-6-15(20)7-9-16)11-22-18(25)17-5-3-4-10-19(17,2)21;/h6-9,12,17H,3-5,10-11,21H2,1-2H3,(H,22,25);1H. The van der Waals surface area contributed by atoms with Crippen molar-refractivity contribution in [1.82, 2.24) is 15.1 Å². The van der Waals surface area contributed by atoms with Crippen LogP contribution in [-0.4, -0.2) is 21.2 Å². The number of nitrogens with one attached hydrogen (secondary N) is 1. The number of carbonyl (C=O) groups is 1. The second-order valence-corrected chi connectivity index (χ2v) is 7.18. The minimum Gasteiger partial charge on any atom is -0.352 e. The molecule has 0 saturated heterocycles. The summed E-state index contributed by atoms with van der Waals surface area (Å²) in [5, 5.41) is 7.45. The summed E-state index contributed by atoms with van der Waals surface area (Å²) in [5.41, 5.74) is 8.43. The Kier molecular flexibility index (Phi) is 6.42. The van der Waals surface area contributed by atoms with Gasteiger partial charge in [0.1, 0.15) is 5.82 Å². The third-order valence-electron chi connectivity index (χ3n) is 5.12. The van der Waals surface area contributed by atoms with E-state index in [2.05, 4.69) is 10.4 Å². The SMILES string of the molecule is Cc1nn(-c2ccc(F)cc2)cc1CNC(=O)C1CCCCC1(C)N.Cl. The quantitative estimate of drug-likeness (QED) is 0.855. The molecule has 1 aromatic carbocycles. The molecule has 26 heavy (non-hydrogen) atoms. The predicted molar refractivity (Wildman–Crippen MR) is 102 cm³/mol. The highest BCUT2D eigenvalue weighted by Crippen LogP contribution is 2.31. The van der Waals surface area contributed by atoms with Crippen LogP contribution in [0.15, 0.2) is 30.5 Å². The molecule has 3 N–H and O–H groups in total. The van der Waals surface area contributed by atoms with Crippen LogP contribution in [-0.2, 0) is 11.3 Å². The fourth-order valence-corrected chi connectivity index (χ4v) is 3.49. The van der Waals surface area contributed by atoms with Crippen molar-refractivity contribution < 1.29 is 9.18 Å². The van der Waals surface area contributed by atoms with Gasteiger partial charge in [0.05, 0.1) is 17.3 Å². The number of aromatic nitrogens is 2. The summed E-state index contributed by atoms with van der Waals surface area (Å²) in [5.74, 6) is -0.412. The highest BCUT2D eigenvalue weighted by Gasteiger charge is 2.37. The number of benzene rings is 1. The maximum absolute atomic E-state index is 13.0. The molecule has 1 aromatic heterocycles. The normalized spacial score (nSPS) is 22.5. The van der Waals surface area contributed by atoms with Crippen molar-refractivity contribution in [2.75, 3.05) is 0 Å². The Balaban J connectivity index is 0.00000243. The highest BCUT2D eigenvalue weighted by molar-refractivity contribution is 5.85. The second kappa shape index (κ2) is 8.18. The monoisotopic (exact) mass is 380 g/mol. The zero-order chi connectivity index (χ0) is 18.0. The van der Waals surface area contributed by atoms with Gasteiger partial charge in [0.2, 0.25) is 5.91 Å². The molecule has 0 radical (unpaired) electrons. The zero-order valence-corrected chi connectivity index (χ0v) is 16.0. The lowest BCUT2D eigenvalue weighted by Gasteiger charge is -2.37. The van der Waals surface area contributed by atoms with Gasteiger partial charge >= 0.3 is 0 Å². The summed E-state index contributed by atoms with van der Waals surface area (Å²) in [6.45, 7) is 4.28. The van der Waals surface area contributed by atoms with Crippen molar-refractivity contribution in [3.05, 3.63) is 47.5 Å².